The Kier molecular flexibility index (Phi) is 3.60. The van der Waals surface area contributed by atoms with Crippen molar-refractivity contribution in [3.8, 4) is 5.75 Å². The highest BCUT2D eigenvalue weighted by Gasteiger charge is 2.13. The van der Waals surface area contributed by atoms with Gasteiger partial charge in [0, 0.05) is 0 Å². The molecule has 0 saturated heterocycles. The maximum Gasteiger partial charge on any atom is 0.136 e. The molecule has 0 N–H and O–H groups in total. The average Bonchev–Trinajstić information content (AvgIpc) is 2.16. The van der Waals surface area contributed by atoms with E-state index < -0.39 is 16.8 Å². The van der Waals surface area contributed by atoms with Crippen LogP contribution in [0.4, 0.5) is 4.39 Å². The van der Waals surface area contributed by atoms with Crippen molar-refractivity contribution in [1.82, 2.24) is 4.31 Å². The molecule has 0 aromatic heterocycles. The van der Waals surface area contributed by atoms with Gasteiger partial charge in [-0.2, -0.15) is 0 Å². The smallest absolute Gasteiger partial charge is 0.136 e. The molecule has 0 aliphatic carbocycles. The van der Waals surface area contributed by atoms with Crippen LogP contribution in [0.5, 0.6) is 5.75 Å². The number of halogens is 1. The Morgan fingerprint density at radius 1 is 1.43 bits per heavy atom. The number of nitrogens with zero attached hydrogens (tertiary/aromatic N) is 1. The second kappa shape index (κ2) is 4.52. The molecule has 14 heavy (non-hydrogen) atoms. The van der Waals surface area contributed by atoms with E-state index in [1.165, 1.54) is 29.6 Å². The lowest BCUT2D eigenvalue weighted by Gasteiger charge is -2.12. The summed E-state index contributed by atoms with van der Waals surface area (Å²) in [5, 5.41) is 0. The molecule has 0 aliphatic heterocycles. The third-order valence-corrected chi connectivity index (χ3v) is 3.00. The number of methoxy groups -OCH3 is 1. The monoisotopic (exact) mass is 217 g/mol. The lowest BCUT2D eigenvalue weighted by Crippen LogP contribution is -2.16. The minimum Gasteiger partial charge on any atom is -0.495 e. The second-order valence-corrected chi connectivity index (χ2v) is 4.53. The van der Waals surface area contributed by atoms with E-state index in [-0.39, 0.29) is 0 Å². The van der Waals surface area contributed by atoms with Gasteiger partial charge in [-0.15, -0.1) is 0 Å². The van der Waals surface area contributed by atoms with Crippen molar-refractivity contribution in [1.29, 1.82) is 0 Å². The fourth-order valence-electron chi connectivity index (χ4n) is 0.984. The normalized spacial score (nSPS) is 12.9. The minimum atomic E-state index is -1.39. The highest BCUT2D eigenvalue weighted by molar-refractivity contribution is 7.82. The van der Waals surface area contributed by atoms with E-state index in [9.17, 15) is 8.60 Å². The Balaban J connectivity index is 3.17. The summed E-state index contributed by atoms with van der Waals surface area (Å²) in [4.78, 5) is 0.345. The summed E-state index contributed by atoms with van der Waals surface area (Å²) in [7, 11) is 3.38. The predicted molar refractivity (Wildman–Crippen MR) is 53.0 cm³/mol. The summed E-state index contributed by atoms with van der Waals surface area (Å²) >= 11 is 0. The highest BCUT2D eigenvalue weighted by atomic mass is 32.2. The number of benzene rings is 1. The zero-order chi connectivity index (χ0) is 10.7. The van der Waals surface area contributed by atoms with Crippen molar-refractivity contribution in [3.63, 3.8) is 0 Å². The Hall–Kier alpha value is -0.940. The van der Waals surface area contributed by atoms with Crippen molar-refractivity contribution in [2.75, 3.05) is 21.2 Å². The molecule has 0 fully saturated rings. The van der Waals surface area contributed by atoms with E-state index in [0.29, 0.717) is 10.6 Å². The zero-order valence-electron chi connectivity index (χ0n) is 8.28. The van der Waals surface area contributed by atoms with Gasteiger partial charge >= 0.3 is 0 Å². The Bertz CT molecular complexity index is 355. The summed E-state index contributed by atoms with van der Waals surface area (Å²) in [5.41, 5.74) is 0. The molecule has 0 aliphatic rings. The fraction of sp³-hybridized carbons (Fsp3) is 0.333. The van der Waals surface area contributed by atoms with Gasteiger partial charge in [-0.25, -0.2) is 12.9 Å². The first-order chi connectivity index (χ1) is 6.56. The third-order valence-electron chi connectivity index (χ3n) is 1.65. The van der Waals surface area contributed by atoms with Gasteiger partial charge in [0.25, 0.3) is 0 Å². The first-order valence-corrected chi connectivity index (χ1v) is 5.09. The number of hydrogen-bond acceptors (Lipinski definition) is 2. The molecular formula is C9H12FNO2S. The molecule has 3 nitrogen and oxygen atoms in total. The molecule has 1 rings (SSSR count). The van der Waals surface area contributed by atoms with Gasteiger partial charge < -0.3 is 4.74 Å². The molecular weight excluding hydrogens is 205 g/mol. The number of rotatable bonds is 3. The van der Waals surface area contributed by atoms with E-state index in [2.05, 4.69) is 0 Å². The van der Waals surface area contributed by atoms with Crippen LogP contribution in [0.1, 0.15) is 0 Å². The first-order valence-electron chi connectivity index (χ1n) is 3.99. The molecule has 1 aromatic rings. The Morgan fingerprint density at radius 2 is 2.07 bits per heavy atom. The van der Waals surface area contributed by atoms with Crippen LogP contribution in [0.3, 0.4) is 0 Å². The minimum absolute atomic E-state index is 0.345. The molecule has 1 atom stereocenters. The molecule has 5 heteroatoms. The predicted octanol–water partition coefficient (Wildman–Crippen LogP) is 1.42. The molecule has 0 saturated carbocycles. The van der Waals surface area contributed by atoms with Crippen LogP contribution >= 0.6 is 0 Å². The maximum atomic E-state index is 12.9. The molecule has 78 valence electrons. The van der Waals surface area contributed by atoms with Gasteiger partial charge in [0.15, 0.2) is 0 Å². The van der Waals surface area contributed by atoms with Gasteiger partial charge in [-0.05, 0) is 32.3 Å². The largest absolute Gasteiger partial charge is 0.495 e. The van der Waals surface area contributed by atoms with Crippen molar-refractivity contribution in [2.24, 2.45) is 0 Å². The summed E-state index contributed by atoms with van der Waals surface area (Å²) < 4.78 is 31.0. The molecule has 1 aromatic carbocycles. The van der Waals surface area contributed by atoms with Crippen LogP contribution in [-0.2, 0) is 11.0 Å². The lowest BCUT2D eigenvalue weighted by atomic mass is 10.3. The topological polar surface area (TPSA) is 29.5 Å². The molecule has 0 amide bonds. The second-order valence-electron chi connectivity index (χ2n) is 2.86. The van der Waals surface area contributed by atoms with E-state index >= 15 is 0 Å². The van der Waals surface area contributed by atoms with Gasteiger partial charge in [0.2, 0.25) is 0 Å². The van der Waals surface area contributed by atoms with Gasteiger partial charge in [-0.3, -0.25) is 0 Å². The average molecular weight is 217 g/mol. The summed E-state index contributed by atoms with van der Waals surface area (Å²) in [6, 6.07) is 3.95. The molecule has 0 bridgehead atoms. The summed E-state index contributed by atoms with van der Waals surface area (Å²) in [5.74, 6) is 0.00873. The van der Waals surface area contributed by atoms with Crippen LogP contribution in [0.25, 0.3) is 0 Å². The van der Waals surface area contributed by atoms with Crippen LogP contribution in [0.15, 0.2) is 23.1 Å². The van der Waals surface area contributed by atoms with Gasteiger partial charge in [0.05, 0.1) is 12.0 Å². The van der Waals surface area contributed by atoms with E-state index in [4.69, 9.17) is 4.74 Å². The highest BCUT2D eigenvalue weighted by Crippen LogP contribution is 2.23. The molecule has 0 heterocycles. The van der Waals surface area contributed by atoms with Crippen LogP contribution in [-0.4, -0.2) is 29.7 Å². The van der Waals surface area contributed by atoms with Crippen molar-refractivity contribution >= 4 is 11.0 Å². The maximum absolute atomic E-state index is 12.9. The zero-order valence-corrected chi connectivity index (χ0v) is 9.10. The molecule has 1 unspecified atom stereocenters. The fourth-order valence-corrected chi connectivity index (χ4v) is 1.91. The van der Waals surface area contributed by atoms with Crippen LogP contribution < -0.4 is 4.74 Å². The summed E-state index contributed by atoms with van der Waals surface area (Å²) in [6.45, 7) is 0. The Morgan fingerprint density at radius 3 is 2.57 bits per heavy atom. The van der Waals surface area contributed by atoms with Crippen molar-refractivity contribution < 1.29 is 13.3 Å². The Labute approximate surface area is 85.1 Å². The van der Waals surface area contributed by atoms with Crippen LogP contribution in [0, 0.1) is 5.82 Å². The van der Waals surface area contributed by atoms with Crippen molar-refractivity contribution in [3.05, 3.63) is 24.0 Å². The van der Waals surface area contributed by atoms with E-state index in [0.717, 1.165) is 0 Å². The van der Waals surface area contributed by atoms with Crippen LogP contribution in [0.2, 0.25) is 0 Å². The van der Waals surface area contributed by atoms with E-state index in [1.54, 1.807) is 14.1 Å². The molecule has 0 spiro atoms. The SMILES string of the molecule is COc1ccc(F)cc1S(=O)N(C)C. The van der Waals surface area contributed by atoms with Gasteiger partial charge in [0.1, 0.15) is 22.6 Å². The first kappa shape index (κ1) is 11.1. The quantitative estimate of drug-likeness (QED) is 0.766. The van der Waals surface area contributed by atoms with E-state index in [1.807, 2.05) is 0 Å². The molecule has 0 radical (unpaired) electrons. The summed E-state index contributed by atoms with van der Waals surface area (Å²) in [6.07, 6.45) is 0. The number of ether oxygens (including phenoxy) is 1. The van der Waals surface area contributed by atoms with Gasteiger partial charge in [-0.1, -0.05) is 0 Å². The van der Waals surface area contributed by atoms with Crippen molar-refractivity contribution in [2.45, 2.75) is 4.90 Å². The number of hydrogen-bond donors (Lipinski definition) is 0. The standard InChI is InChI=1S/C9H12FNO2S/c1-11(2)14(12)9-6-7(10)4-5-8(9)13-3/h4-6H,1-3H3. The lowest BCUT2D eigenvalue weighted by molar-refractivity contribution is 0.401. The third kappa shape index (κ3) is 2.30.